The molecule has 0 N–H and O–H groups in total. The molecule has 4 rings (SSSR count). The molecule has 0 aromatic heterocycles. The number of fused-ring (bicyclic) bond motifs is 5. The molecule has 0 unspecified atom stereocenters. The van der Waals surface area contributed by atoms with Gasteiger partial charge >= 0.3 is 0 Å². The van der Waals surface area contributed by atoms with E-state index in [1.807, 2.05) is 6.08 Å². The van der Waals surface area contributed by atoms with Crippen molar-refractivity contribution in [3.8, 4) is 0 Å². The number of rotatable bonds is 1. The van der Waals surface area contributed by atoms with E-state index in [1.54, 1.807) is 0 Å². The lowest BCUT2D eigenvalue weighted by atomic mass is 9.47. The van der Waals surface area contributed by atoms with Gasteiger partial charge in [-0.05, 0) is 73.2 Å². The Balaban J connectivity index is 1.69. The molecule has 0 heterocycles. The first kappa shape index (κ1) is 15.6. The minimum Gasteiger partial charge on any atom is -0.299 e. The highest BCUT2D eigenvalue weighted by atomic mass is 16.1. The standard InChI is InChI=1S/C21H30O2/c1-4-16-19(23)12-18-15-6-5-13-11-14(22)7-9-20(13,2)17(15)8-10-21(16,18)3/h11,15-18H,4-10,12H2,1-3H3/t15-,16+,17+,18+,20+,21-/m1/s1. The second-order valence-electron chi connectivity index (χ2n) is 9.14. The highest BCUT2D eigenvalue weighted by molar-refractivity contribution is 5.91. The van der Waals surface area contributed by atoms with Gasteiger partial charge in [-0.15, -0.1) is 0 Å². The first-order chi connectivity index (χ1) is 10.9. The number of hydrogen-bond donors (Lipinski definition) is 0. The Morgan fingerprint density at radius 1 is 1.09 bits per heavy atom. The van der Waals surface area contributed by atoms with Crippen molar-refractivity contribution >= 4 is 11.6 Å². The van der Waals surface area contributed by atoms with E-state index in [4.69, 9.17) is 0 Å². The summed E-state index contributed by atoms with van der Waals surface area (Å²) in [6, 6.07) is 0. The molecule has 0 amide bonds. The van der Waals surface area contributed by atoms with Crippen molar-refractivity contribution < 1.29 is 9.59 Å². The molecule has 6 atom stereocenters. The fraction of sp³-hybridized carbons (Fsp3) is 0.810. The van der Waals surface area contributed by atoms with E-state index in [1.165, 1.54) is 24.8 Å². The molecule has 23 heavy (non-hydrogen) atoms. The average molecular weight is 314 g/mol. The van der Waals surface area contributed by atoms with Gasteiger partial charge in [0.15, 0.2) is 5.78 Å². The molecule has 3 fully saturated rings. The van der Waals surface area contributed by atoms with Crippen molar-refractivity contribution in [1.82, 2.24) is 0 Å². The third kappa shape index (κ3) is 1.99. The van der Waals surface area contributed by atoms with Crippen molar-refractivity contribution in [2.45, 2.75) is 72.1 Å². The van der Waals surface area contributed by atoms with Crippen molar-refractivity contribution in [3.05, 3.63) is 11.6 Å². The minimum absolute atomic E-state index is 0.228. The molecular formula is C21H30O2. The van der Waals surface area contributed by atoms with Gasteiger partial charge in [-0.2, -0.15) is 0 Å². The zero-order valence-electron chi connectivity index (χ0n) is 14.9. The molecule has 0 bridgehead atoms. The Labute approximate surface area is 140 Å². The van der Waals surface area contributed by atoms with E-state index >= 15 is 0 Å². The summed E-state index contributed by atoms with van der Waals surface area (Å²) in [6.07, 6.45) is 10.3. The van der Waals surface area contributed by atoms with Crippen LogP contribution in [0.2, 0.25) is 0 Å². The van der Waals surface area contributed by atoms with E-state index in [-0.39, 0.29) is 10.8 Å². The molecule has 0 aromatic carbocycles. The number of hydrogen-bond acceptors (Lipinski definition) is 2. The molecule has 3 saturated carbocycles. The van der Waals surface area contributed by atoms with Crippen LogP contribution in [0.1, 0.15) is 72.1 Å². The molecule has 2 nitrogen and oxygen atoms in total. The fourth-order valence-electron chi connectivity index (χ4n) is 7.15. The minimum atomic E-state index is 0.228. The van der Waals surface area contributed by atoms with Crippen LogP contribution in [0.25, 0.3) is 0 Å². The van der Waals surface area contributed by atoms with Crippen LogP contribution in [0.4, 0.5) is 0 Å². The molecule has 0 aromatic rings. The Bertz CT molecular complexity index is 589. The van der Waals surface area contributed by atoms with Gasteiger partial charge < -0.3 is 0 Å². The third-order valence-corrected chi connectivity index (χ3v) is 8.41. The number of carbonyl (C=O) groups is 2. The molecule has 0 radical (unpaired) electrons. The normalized spacial score (nSPS) is 49.3. The van der Waals surface area contributed by atoms with E-state index in [0.717, 1.165) is 32.1 Å². The molecular weight excluding hydrogens is 284 g/mol. The van der Waals surface area contributed by atoms with E-state index in [9.17, 15) is 9.59 Å². The second kappa shape index (κ2) is 5.04. The van der Waals surface area contributed by atoms with Crippen LogP contribution in [-0.4, -0.2) is 11.6 Å². The predicted octanol–water partition coefficient (Wildman–Crippen LogP) is 4.72. The van der Waals surface area contributed by atoms with Crippen LogP contribution in [0.15, 0.2) is 11.6 Å². The largest absolute Gasteiger partial charge is 0.299 e. The number of allylic oxidation sites excluding steroid dienone is 1. The van der Waals surface area contributed by atoms with Gasteiger partial charge in [-0.1, -0.05) is 26.3 Å². The van der Waals surface area contributed by atoms with E-state index < -0.39 is 0 Å². The van der Waals surface area contributed by atoms with Gasteiger partial charge in [0.05, 0.1) is 0 Å². The van der Waals surface area contributed by atoms with Crippen LogP contribution in [0.5, 0.6) is 0 Å². The summed E-state index contributed by atoms with van der Waals surface area (Å²) < 4.78 is 0. The third-order valence-electron chi connectivity index (χ3n) is 8.41. The first-order valence-corrected chi connectivity index (χ1v) is 9.66. The molecule has 0 spiro atoms. The summed E-state index contributed by atoms with van der Waals surface area (Å²) in [4.78, 5) is 24.5. The quantitative estimate of drug-likeness (QED) is 0.701. The molecule has 0 aliphatic heterocycles. The van der Waals surface area contributed by atoms with Gasteiger partial charge in [-0.25, -0.2) is 0 Å². The Kier molecular flexibility index (Phi) is 3.42. The Morgan fingerprint density at radius 3 is 2.61 bits per heavy atom. The SMILES string of the molecule is CC[C@H]1C(=O)C[C@H]2[C@@H]3CCC4=CC(=O)CC[C@]4(C)[C@H]3CC[C@]12C. The van der Waals surface area contributed by atoms with Crippen LogP contribution >= 0.6 is 0 Å². The maximum absolute atomic E-state index is 12.6. The van der Waals surface area contributed by atoms with Gasteiger partial charge in [0, 0.05) is 18.8 Å². The van der Waals surface area contributed by atoms with E-state index in [0.29, 0.717) is 35.2 Å². The lowest BCUT2D eigenvalue weighted by Crippen LogP contribution is -2.50. The Morgan fingerprint density at radius 2 is 1.87 bits per heavy atom. The zero-order chi connectivity index (χ0) is 16.4. The highest BCUT2D eigenvalue weighted by Crippen LogP contribution is 2.66. The molecule has 4 aliphatic rings. The summed E-state index contributed by atoms with van der Waals surface area (Å²) >= 11 is 0. The fourth-order valence-corrected chi connectivity index (χ4v) is 7.15. The van der Waals surface area contributed by atoms with Gasteiger partial charge in [0.25, 0.3) is 0 Å². The molecule has 2 heteroatoms. The van der Waals surface area contributed by atoms with Gasteiger partial charge in [-0.3, -0.25) is 9.59 Å². The monoisotopic (exact) mass is 314 g/mol. The lowest BCUT2D eigenvalue weighted by Gasteiger charge is -2.57. The highest BCUT2D eigenvalue weighted by Gasteiger charge is 2.60. The van der Waals surface area contributed by atoms with Crippen molar-refractivity contribution in [2.75, 3.05) is 0 Å². The number of carbonyl (C=O) groups excluding carboxylic acids is 2. The average Bonchev–Trinajstić information content (AvgIpc) is 2.77. The molecule has 4 aliphatic carbocycles. The summed E-state index contributed by atoms with van der Waals surface area (Å²) in [6.45, 7) is 7.02. The van der Waals surface area contributed by atoms with Crippen LogP contribution in [0, 0.1) is 34.5 Å². The predicted molar refractivity (Wildman–Crippen MR) is 90.9 cm³/mol. The van der Waals surface area contributed by atoms with Crippen LogP contribution in [-0.2, 0) is 9.59 Å². The van der Waals surface area contributed by atoms with Gasteiger partial charge in [0.1, 0.15) is 5.78 Å². The first-order valence-electron chi connectivity index (χ1n) is 9.66. The van der Waals surface area contributed by atoms with Crippen molar-refractivity contribution in [2.24, 2.45) is 34.5 Å². The number of ketones is 2. The smallest absolute Gasteiger partial charge is 0.155 e. The molecule has 0 saturated heterocycles. The summed E-state index contributed by atoms with van der Waals surface area (Å²) in [5.41, 5.74) is 1.90. The summed E-state index contributed by atoms with van der Waals surface area (Å²) in [7, 11) is 0. The van der Waals surface area contributed by atoms with Crippen molar-refractivity contribution in [3.63, 3.8) is 0 Å². The summed E-state index contributed by atoms with van der Waals surface area (Å²) in [5, 5.41) is 0. The maximum Gasteiger partial charge on any atom is 0.155 e. The topological polar surface area (TPSA) is 34.1 Å². The maximum atomic E-state index is 12.6. The van der Waals surface area contributed by atoms with Crippen LogP contribution in [0.3, 0.4) is 0 Å². The van der Waals surface area contributed by atoms with Crippen molar-refractivity contribution in [1.29, 1.82) is 0 Å². The second-order valence-corrected chi connectivity index (χ2v) is 9.14. The number of Topliss-reactive ketones (excluding diaryl/α,β-unsaturated/α-hetero) is 1. The van der Waals surface area contributed by atoms with Crippen LogP contribution < -0.4 is 0 Å². The molecule has 126 valence electrons. The lowest BCUT2D eigenvalue weighted by molar-refractivity contribution is -0.122. The zero-order valence-corrected chi connectivity index (χ0v) is 14.9. The van der Waals surface area contributed by atoms with E-state index in [2.05, 4.69) is 20.8 Å². The Hall–Kier alpha value is -0.920. The van der Waals surface area contributed by atoms with Gasteiger partial charge in [0.2, 0.25) is 0 Å². The summed E-state index contributed by atoms with van der Waals surface area (Å²) in [5.74, 6) is 3.15.